The lowest BCUT2D eigenvalue weighted by Gasteiger charge is -2.11. The largest absolute Gasteiger partial charge is 0.394 e. The van der Waals surface area contributed by atoms with Crippen LogP contribution in [0.25, 0.3) is 0 Å². The Balaban J connectivity index is 0.00000162. The van der Waals surface area contributed by atoms with Crippen molar-refractivity contribution < 1.29 is 4.39 Å². The zero-order valence-electron chi connectivity index (χ0n) is 9.20. The molecule has 2 rings (SSSR count). The number of nitrogen functional groups attached to an aromatic ring is 1. The highest BCUT2D eigenvalue weighted by Gasteiger charge is 2.17. The summed E-state index contributed by atoms with van der Waals surface area (Å²) in [6, 6.07) is 4.06. The first-order chi connectivity index (χ1) is 8.02. The van der Waals surface area contributed by atoms with E-state index in [1.54, 1.807) is 6.07 Å². The molecule has 18 heavy (non-hydrogen) atoms. The van der Waals surface area contributed by atoms with Crippen LogP contribution in [-0.2, 0) is 6.54 Å². The first-order valence-corrected chi connectivity index (χ1v) is 4.88. The maximum atomic E-state index is 13.2. The summed E-state index contributed by atoms with van der Waals surface area (Å²) in [4.78, 5) is 22.0. The molecule has 0 aromatic heterocycles. The van der Waals surface area contributed by atoms with Crippen LogP contribution in [0.15, 0.2) is 27.8 Å². The van der Waals surface area contributed by atoms with E-state index in [1.165, 1.54) is 12.1 Å². The van der Waals surface area contributed by atoms with Gasteiger partial charge in [-0.15, -0.1) is 12.4 Å². The summed E-state index contributed by atoms with van der Waals surface area (Å²) in [5, 5.41) is 2.61. The monoisotopic (exact) mass is 271 g/mol. The van der Waals surface area contributed by atoms with Crippen LogP contribution in [-0.4, -0.2) is 0 Å². The van der Waals surface area contributed by atoms with E-state index in [4.69, 9.17) is 11.5 Å². The quantitative estimate of drug-likeness (QED) is 0.711. The molecule has 96 valence electrons. The molecular weight excluding hydrogens is 261 g/mol. The fourth-order valence-corrected chi connectivity index (χ4v) is 1.52. The number of halogens is 2. The summed E-state index contributed by atoms with van der Waals surface area (Å²) in [6.07, 6.45) is 0. The van der Waals surface area contributed by atoms with E-state index in [2.05, 4.69) is 5.32 Å². The summed E-state index contributed by atoms with van der Waals surface area (Å²) in [5.74, 6) is -0.479. The van der Waals surface area contributed by atoms with Crippen molar-refractivity contribution in [2.45, 2.75) is 6.54 Å². The van der Waals surface area contributed by atoms with Crippen molar-refractivity contribution in [2.24, 2.45) is 5.73 Å². The second-order valence-corrected chi connectivity index (χ2v) is 3.62. The van der Waals surface area contributed by atoms with Gasteiger partial charge in [-0.2, -0.15) is 0 Å². The highest BCUT2D eigenvalue weighted by molar-refractivity contribution is 5.85. The van der Waals surface area contributed by atoms with Crippen molar-refractivity contribution in [3.8, 4) is 0 Å². The van der Waals surface area contributed by atoms with Gasteiger partial charge in [-0.05, 0) is 23.8 Å². The second kappa shape index (κ2) is 5.16. The Morgan fingerprint density at radius 1 is 1.17 bits per heavy atom. The summed E-state index contributed by atoms with van der Waals surface area (Å²) in [5.41, 5.74) is 10.1. The van der Waals surface area contributed by atoms with E-state index in [0.717, 1.165) is 0 Å². The van der Waals surface area contributed by atoms with Gasteiger partial charge in [0.1, 0.15) is 17.2 Å². The number of hydrogen-bond donors (Lipinski definition) is 3. The van der Waals surface area contributed by atoms with Crippen molar-refractivity contribution in [1.82, 2.24) is 0 Å². The standard InChI is InChI=1S/C11H10FN3O2.ClH/c12-6-1-5(4-13)2-7(3-6)15-9-8(14)10(16)11(9)17;/h1-3,15H,4,13-14H2;1H. The Kier molecular flexibility index (Phi) is 4.05. The van der Waals surface area contributed by atoms with Crippen molar-refractivity contribution in [3.63, 3.8) is 0 Å². The third-order valence-corrected chi connectivity index (χ3v) is 2.41. The molecule has 0 unspecified atom stereocenters. The molecule has 5 nitrogen and oxygen atoms in total. The fourth-order valence-electron chi connectivity index (χ4n) is 1.52. The second-order valence-electron chi connectivity index (χ2n) is 3.62. The number of anilines is 3. The smallest absolute Gasteiger partial charge is 0.253 e. The molecule has 0 spiro atoms. The Morgan fingerprint density at radius 2 is 1.83 bits per heavy atom. The topological polar surface area (TPSA) is 98.2 Å². The van der Waals surface area contributed by atoms with Crippen LogP contribution in [0.5, 0.6) is 0 Å². The summed E-state index contributed by atoms with van der Waals surface area (Å²) < 4.78 is 13.2. The van der Waals surface area contributed by atoms with Crippen LogP contribution in [0.1, 0.15) is 5.56 Å². The minimum Gasteiger partial charge on any atom is -0.394 e. The maximum absolute atomic E-state index is 13.2. The third-order valence-electron chi connectivity index (χ3n) is 2.41. The molecule has 0 heterocycles. The highest BCUT2D eigenvalue weighted by Crippen LogP contribution is 2.20. The number of nitrogens with two attached hydrogens (primary N) is 2. The molecule has 0 aliphatic heterocycles. The van der Waals surface area contributed by atoms with Gasteiger partial charge >= 0.3 is 0 Å². The van der Waals surface area contributed by atoms with Crippen LogP contribution in [0.2, 0.25) is 0 Å². The Bertz CT molecular complexity index is 650. The molecule has 0 aliphatic carbocycles. The Hall–Kier alpha value is -1.92. The molecule has 0 radical (unpaired) electrons. The van der Waals surface area contributed by atoms with Gasteiger partial charge in [-0.25, -0.2) is 4.39 Å². The van der Waals surface area contributed by atoms with E-state index in [1.807, 2.05) is 0 Å². The van der Waals surface area contributed by atoms with Crippen molar-refractivity contribution in [1.29, 1.82) is 0 Å². The van der Waals surface area contributed by atoms with Gasteiger partial charge in [-0.3, -0.25) is 9.59 Å². The van der Waals surface area contributed by atoms with E-state index in [-0.39, 0.29) is 30.3 Å². The lowest BCUT2D eigenvalue weighted by molar-refractivity contribution is 0.626. The van der Waals surface area contributed by atoms with Crippen molar-refractivity contribution in [3.05, 3.63) is 50.0 Å². The van der Waals surface area contributed by atoms with Crippen LogP contribution < -0.4 is 27.6 Å². The first-order valence-electron chi connectivity index (χ1n) is 4.88. The maximum Gasteiger partial charge on any atom is 0.253 e. The average Bonchev–Trinajstić information content (AvgIpc) is 2.33. The number of benzene rings is 1. The lowest BCUT2D eigenvalue weighted by atomic mass is 10.1. The van der Waals surface area contributed by atoms with Crippen LogP contribution in [0.3, 0.4) is 0 Å². The van der Waals surface area contributed by atoms with Gasteiger partial charge in [0.15, 0.2) is 0 Å². The number of hydrogen-bond acceptors (Lipinski definition) is 5. The molecule has 0 amide bonds. The molecule has 7 heteroatoms. The lowest BCUT2D eigenvalue weighted by Crippen LogP contribution is -2.36. The molecular formula is C11H11ClFN3O2. The van der Waals surface area contributed by atoms with E-state index >= 15 is 0 Å². The van der Waals surface area contributed by atoms with Crippen LogP contribution >= 0.6 is 12.4 Å². The first kappa shape index (κ1) is 14.1. The van der Waals surface area contributed by atoms with E-state index < -0.39 is 16.7 Å². The summed E-state index contributed by atoms with van der Waals surface area (Å²) >= 11 is 0. The molecule has 5 N–H and O–H groups in total. The van der Waals surface area contributed by atoms with Crippen LogP contribution in [0, 0.1) is 5.82 Å². The third kappa shape index (κ3) is 2.34. The Morgan fingerprint density at radius 3 is 2.39 bits per heavy atom. The van der Waals surface area contributed by atoms with Crippen molar-refractivity contribution in [2.75, 3.05) is 11.1 Å². The molecule has 2 aromatic carbocycles. The van der Waals surface area contributed by atoms with E-state index in [9.17, 15) is 14.0 Å². The SMILES string of the molecule is Cl.NCc1cc(F)cc(Nc2c(N)c(=O)c2=O)c1. The molecule has 0 fully saturated rings. The summed E-state index contributed by atoms with van der Waals surface area (Å²) in [6.45, 7) is 0.174. The molecule has 0 atom stereocenters. The predicted molar refractivity (Wildman–Crippen MR) is 70.6 cm³/mol. The van der Waals surface area contributed by atoms with Gasteiger partial charge < -0.3 is 16.8 Å². The zero-order valence-corrected chi connectivity index (χ0v) is 10.0. The molecule has 2 aromatic rings. The normalized spacial score (nSPS) is 10.1. The van der Waals surface area contributed by atoms with Gasteiger partial charge in [0.2, 0.25) is 0 Å². The molecule has 0 saturated heterocycles. The van der Waals surface area contributed by atoms with Gasteiger partial charge in [0.25, 0.3) is 10.9 Å². The minimum absolute atomic E-state index is 0. The minimum atomic E-state index is -0.719. The highest BCUT2D eigenvalue weighted by atomic mass is 35.5. The Labute approximate surface area is 108 Å². The molecule has 0 bridgehead atoms. The molecule has 0 aliphatic rings. The number of nitrogens with one attached hydrogen (secondary N) is 1. The van der Waals surface area contributed by atoms with Crippen LogP contribution in [0.4, 0.5) is 21.5 Å². The average molecular weight is 272 g/mol. The summed E-state index contributed by atoms with van der Waals surface area (Å²) in [7, 11) is 0. The van der Waals surface area contributed by atoms with Gasteiger partial charge in [0.05, 0.1) is 0 Å². The van der Waals surface area contributed by atoms with E-state index in [0.29, 0.717) is 11.3 Å². The fraction of sp³-hybridized carbons (Fsp3) is 0.0909. The van der Waals surface area contributed by atoms with Gasteiger partial charge in [-0.1, -0.05) is 0 Å². The predicted octanol–water partition coefficient (Wildman–Crippen LogP) is 0.628. The molecule has 0 saturated carbocycles. The number of rotatable bonds is 3. The van der Waals surface area contributed by atoms with Gasteiger partial charge in [0, 0.05) is 12.2 Å². The zero-order chi connectivity index (χ0) is 12.6. The van der Waals surface area contributed by atoms with Crippen molar-refractivity contribution >= 4 is 29.5 Å².